The highest BCUT2D eigenvalue weighted by Crippen LogP contribution is 2.25. The third-order valence-corrected chi connectivity index (χ3v) is 5.24. The van der Waals surface area contributed by atoms with Crippen molar-refractivity contribution in [3.63, 3.8) is 0 Å². The number of anilines is 1. The van der Waals surface area contributed by atoms with Crippen LogP contribution < -0.4 is 5.32 Å². The van der Waals surface area contributed by atoms with Gasteiger partial charge in [-0.25, -0.2) is 9.97 Å². The zero-order valence-electron chi connectivity index (χ0n) is 15.2. The molecule has 1 saturated carbocycles. The molecule has 24 heavy (non-hydrogen) atoms. The van der Waals surface area contributed by atoms with Crippen molar-refractivity contribution in [2.75, 3.05) is 5.32 Å². The molecule has 2 aromatic heterocycles. The van der Waals surface area contributed by atoms with Crippen LogP contribution in [0.25, 0.3) is 11.0 Å². The molecule has 1 aliphatic rings. The van der Waals surface area contributed by atoms with Crippen LogP contribution in [-0.4, -0.2) is 25.8 Å². The molecular formula is C19H31N5. The lowest BCUT2D eigenvalue weighted by Gasteiger charge is -2.20. The molecule has 1 N–H and O–H groups in total. The van der Waals surface area contributed by atoms with Crippen LogP contribution in [0.5, 0.6) is 0 Å². The first-order valence-electron chi connectivity index (χ1n) is 9.66. The van der Waals surface area contributed by atoms with Crippen LogP contribution >= 0.6 is 0 Å². The first kappa shape index (κ1) is 17.2. The summed E-state index contributed by atoms with van der Waals surface area (Å²) in [7, 11) is 1.95. The van der Waals surface area contributed by atoms with E-state index < -0.39 is 0 Å². The first-order valence-corrected chi connectivity index (χ1v) is 9.66. The maximum atomic E-state index is 4.53. The van der Waals surface area contributed by atoms with Gasteiger partial charge in [0.2, 0.25) is 0 Å². The Balaban J connectivity index is 1.72. The van der Waals surface area contributed by atoms with Crippen molar-refractivity contribution in [2.24, 2.45) is 7.05 Å². The monoisotopic (exact) mass is 329 g/mol. The van der Waals surface area contributed by atoms with Crippen LogP contribution in [0.1, 0.15) is 76.3 Å². The Kier molecular flexibility index (Phi) is 6.05. The second-order valence-corrected chi connectivity index (χ2v) is 7.23. The summed E-state index contributed by atoms with van der Waals surface area (Å²) in [5, 5.41) is 9.30. The van der Waals surface area contributed by atoms with Crippen LogP contribution in [0.15, 0.2) is 6.33 Å². The maximum Gasteiger partial charge on any atom is 0.163 e. The fraction of sp³-hybridized carbons (Fsp3) is 0.737. The number of hydrogen-bond donors (Lipinski definition) is 1. The molecule has 0 saturated heterocycles. The lowest BCUT2D eigenvalue weighted by atomic mass is 9.98. The predicted octanol–water partition coefficient (Wildman–Crippen LogP) is 4.76. The second-order valence-electron chi connectivity index (χ2n) is 7.23. The third-order valence-electron chi connectivity index (χ3n) is 5.24. The van der Waals surface area contributed by atoms with E-state index in [9.17, 15) is 0 Å². The van der Waals surface area contributed by atoms with E-state index in [-0.39, 0.29) is 0 Å². The van der Waals surface area contributed by atoms with Crippen molar-refractivity contribution in [3.8, 4) is 0 Å². The Morgan fingerprint density at radius 3 is 2.12 bits per heavy atom. The van der Waals surface area contributed by atoms with Crippen molar-refractivity contribution >= 4 is 16.9 Å². The minimum Gasteiger partial charge on any atom is -0.367 e. The van der Waals surface area contributed by atoms with Crippen molar-refractivity contribution in [1.29, 1.82) is 0 Å². The van der Waals surface area contributed by atoms with Crippen molar-refractivity contribution in [3.05, 3.63) is 12.0 Å². The standard InChI is InChI=1S/C19H31N5/c1-15-17-18(20-14-21-19(17)24(2)23-15)22-16-12-10-8-6-4-3-5-7-9-11-13-16/h14,16H,3-13H2,1-2H3,(H,20,21,22). The molecule has 2 heterocycles. The number of hydrogen-bond acceptors (Lipinski definition) is 4. The largest absolute Gasteiger partial charge is 0.367 e. The number of nitrogens with zero attached hydrogens (tertiary/aromatic N) is 4. The van der Waals surface area contributed by atoms with Crippen LogP contribution in [0.3, 0.4) is 0 Å². The summed E-state index contributed by atoms with van der Waals surface area (Å²) in [6.45, 7) is 2.04. The summed E-state index contributed by atoms with van der Waals surface area (Å²) in [6.07, 6.45) is 16.6. The van der Waals surface area contributed by atoms with Gasteiger partial charge in [0.15, 0.2) is 5.65 Å². The summed E-state index contributed by atoms with van der Waals surface area (Å²) in [5.41, 5.74) is 1.92. The maximum absolute atomic E-state index is 4.53. The summed E-state index contributed by atoms with van der Waals surface area (Å²) >= 11 is 0. The van der Waals surface area contributed by atoms with Crippen molar-refractivity contribution < 1.29 is 0 Å². The van der Waals surface area contributed by atoms with Gasteiger partial charge in [0.05, 0.1) is 11.1 Å². The molecule has 0 aromatic carbocycles. The summed E-state index contributed by atoms with van der Waals surface area (Å²) < 4.78 is 1.85. The Labute approximate surface area is 145 Å². The molecule has 0 amide bonds. The summed E-state index contributed by atoms with van der Waals surface area (Å²) in [4.78, 5) is 8.92. The third kappa shape index (κ3) is 4.25. The molecule has 1 aliphatic carbocycles. The van der Waals surface area contributed by atoms with Crippen LogP contribution in [0.2, 0.25) is 0 Å². The quantitative estimate of drug-likeness (QED) is 0.863. The van der Waals surface area contributed by atoms with Crippen molar-refractivity contribution in [2.45, 2.75) is 83.6 Å². The van der Waals surface area contributed by atoms with Crippen molar-refractivity contribution in [1.82, 2.24) is 19.7 Å². The van der Waals surface area contributed by atoms with E-state index >= 15 is 0 Å². The molecule has 1 fully saturated rings. The van der Waals surface area contributed by atoms with Crippen LogP contribution in [0.4, 0.5) is 5.82 Å². The molecule has 5 nitrogen and oxygen atoms in total. The highest BCUT2D eigenvalue weighted by molar-refractivity contribution is 5.89. The number of rotatable bonds is 2. The van der Waals surface area contributed by atoms with Gasteiger partial charge in [-0.1, -0.05) is 57.8 Å². The number of fused-ring (bicyclic) bond motifs is 1. The van der Waals surface area contributed by atoms with Gasteiger partial charge in [0.1, 0.15) is 12.1 Å². The van der Waals surface area contributed by atoms with E-state index in [1.165, 1.54) is 70.6 Å². The number of nitrogens with one attached hydrogen (secondary N) is 1. The molecule has 0 atom stereocenters. The SMILES string of the molecule is Cc1nn(C)c2ncnc(NC3CCCCCCCCCCC3)c12. The van der Waals surface area contributed by atoms with Gasteiger partial charge in [-0.05, 0) is 19.8 Å². The Hall–Kier alpha value is -1.65. The van der Waals surface area contributed by atoms with E-state index in [1.807, 2.05) is 18.7 Å². The Morgan fingerprint density at radius 1 is 0.917 bits per heavy atom. The lowest BCUT2D eigenvalue weighted by Crippen LogP contribution is -2.20. The second kappa shape index (κ2) is 8.45. The molecule has 0 radical (unpaired) electrons. The van der Waals surface area contributed by atoms with Gasteiger partial charge in [-0.3, -0.25) is 4.68 Å². The summed E-state index contributed by atoms with van der Waals surface area (Å²) in [5.74, 6) is 0.961. The Morgan fingerprint density at radius 2 is 1.50 bits per heavy atom. The molecule has 0 aliphatic heterocycles. The molecule has 0 spiro atoms. The van der Waals surface area contributed by atoms with Gasteiger partial charge in [0.25, 0.3) is 0 Å². The van der Waals surface area contributed by atoms with Gasteiger partial charge in [-0.2, -0.15) is 5.10 Å². The highest BCUT2D eigenvalue weighted by atomic mass is 15.3. The van der Waals surface area contributed by atoms with E-state index in [2.05, 4.69) is 20.4 Å². The predicted molar refractivity (Wildman–Crippen MR) is 99.2 cm³/mol. The van der Waals surface area contributed by atoms with Crippen LogP contribution in [-0.2, 0) is 7.05 Å². The smallest absolute Gasteiger partial charge is 0.163 e. The van der Waals surface area contributed by atoms with E-state index in [1.54, 1.807) is 6.33 Å². The fourth-order valence-electron chi connectivity index (χ4n) is 3.89. The fourth-order valence-corrected chi connectivity index (χ4v) is 3.89. The van der Waals surface area contributed by atoms with Gasteiger partial charge >= 0.3 is 0 Å². The lowest BCUT2D eigenvalue weighted by molar-refractivity contribution is 0.480. The molecule has 3 rings (SSSR count). The average molecular weight is 329 g/mol. The topological polar surface area (TPSA) is 55.6 Å². The molecular weight excluding hydrogens is 298 g/mol. The number of aromatic nitrogens is 4. The molecule has 0 bridgehead atoms. The van der Waals surface area contributed by atoms with E-state index in [0.717, 1.165) is 22.5 Å². The van der Waals surface area contributed by atoms with Gasteiger partial charge in [0, 0.05) is 13.1 Å². The minimum atomic E-state index is 0.516. The highest BCUT2D eigenvalue weighted by Gasteiger charge is 2.16. The van der Waals surface area contributed by atoms with Gasteiger partial charge in [-0.15, -0.1) is 0 Å². The number of aryl methyl sites for hydroxylation is 2. The zero-order chi connectivity index (χ0) is 16.8. The van der Waals surface area contributed by atoms with Crippen LogP contribution in [0, 0.1) is 6.92 Å². The first-order chi connectivity index (χ1) is 11.8. The van der Waals surface area contributed by atoms with E-state index in [0.29, 0.717) is 6.04 Å². The Bertz CT molecular complexity index is 636. The average Bonchev–Trinajstić information content (AvgIpc) is 2.85. The summed E-state index contributed by atoms with van der Waals surface area (Å²) in [6, 6.07) is 0.516. The molecule has 132 valence electrons. The zero-order valence-corrected chi connectivity index (χ0v) is 15.2. The van der Waals surface area contributed by atoms with Gasteiger partial charge < -0.3 is 5.32 Å². The van der Waals surface area contributed by atoms with E-state index in [4.69, 9.17) is 0 Å². The normalized spacial score (nSPS) is 18.9. The molecule has 2 aromatic rings. The minimum absolute atomic E-state index is 0.516. The molecule has 0 unspecified atom stereocenters. The molecule has 5 heteroatoms.